The van der Waals surface area contributed by atoms with E-state index in [1.54, 1.807) is 22.8 Å². The summed E-state index contributed by atoms with van der Waals surface area (Å²) in [6.07, 6.45) is 6.78. The van der Waals surface area contributed by atoms with E-state index in [9.17, 15) is 17.6 Å². The molecule has 0 radical (unpaired) electrons. The maximum absolute atomic E-state index is 13.3. The van der Waals surface area contributed by atoms with E-state index in [2.05, 4.69) is 46.2 Å². The lowest BCUT2D eigenvalue weighted by atomic mass is 9.87. The standard InChI is InChI=1S/C35H40FN9O3S/c1-21(2)30-19-40-45-32(30)43-34(42-26-11-9-23(10-12-26)20-49(47,48)37-4)44-35(45)39-18-25-7-5-6-8-28(25)31-29-14-13-27(41-33(46)22(3)36)17-24(29)15-16-38-31/h5-8,13-17,19,21,23,26,37H,3,9-12,18,20H2,1-2,4H3,(H,41,46)(H2,39,42,43,44). The summed E-state index contributed by atoms with van der Waals surface area (Å²) in [5, 5.41) is 15.8. The quantitative estimate of drug-likeness (QED) is 0.116. The maximum Gasteiger partial charge on any atom is 0.283 e. The Hall–Kier alpha value is -4.95. The lowest BCUT2D eigenvalue weighted by Crippen LogP contribution is -2.32. The number of amides is 1. The minimum Gasteiger partial charge on any atom is -0.351 e. The summed E-state index contributed by atoms with van der Waals surface area (Å²) in [7, 11) is -1.79. The molecule has 14 heteroatoms. The molecule has 4 N–H and O–H groups in total. The molecule has 3 heterocycles. The van der Waals surface area contributed by atoms with Crippen LogP contribution in [0.4, 0.5) is 22.0 Å². The highest BCUT2D eigenvalue weighted by Gasteiger charge is 2.26. The molecule has 1 aliphatic carbocycles. The van der Waals surface area contributed by atoms with Crippen LogP contribution in [-0.4, -0.2) is 57.7 Å². The molecule has 0 unspecified atom stereocenters. The predicted octanol–water partition coefficient (Wildman–Crippen LogP) is 6.02. The van der Waals surface area contributed by atoms with Gasteiger partial charge in [-0.3, -0.25) is 9.78 Å². The van der Waals surface area contributed by atoms with Gasteiger partial charge in [-0.15, -0.1) is 0 Å². The molecule has 0 aliphatic heterocycles. The van der Waals surface area contributed by atoms with Crippen molar-refractivity contribution in [3.63, 3.8) is 0 Å². The third-order valence-corrected chi connectivity index (χ3v) is 10.5. The van der Waals surface area contributed by atoms with Gasteiger partial charge in [0.1, 0.15) is 0 Å². The largest absolute Gasteiger partial charge is 0.351 e. The zero-order valence-corrected chi connectivity index (χ0v) is 28.5. The minimum atomic E-state index is -3.25. The molecular formula is C35H40FN9O3S. The number of pyridine rings is 1. The Labute approximate surface area is 284 Å². The summed E-state index contributed by atoms with van der Waals surface area (Å²) in [4.78, 5) is 26.3. The number of hydrogen-bond donors (Lipinski definition) is 4. The first kappa shape index (κ1) is 33.9. The molecule has 1 aliphatic rings. The van der Waals surface area contributed by atoms with E-state index in [4.69, 9.17) is 15.0 Å². The van der Waals surface area contributed by atoms with Gasteiger partial charge in [0.25, 0.3) is 5.91 Å². The van der Waals surface area contributed by atoms with E-state index < -0.39 is 21.8 Å². The smallest absolute Gasteiger partial charge is 0.283 e. The van der Waals surface area contributed by atoms with Crippen LogP contribution < -0.4 is 20.7 Å². The van der Waals surface area contributed by atoms with Crippen molar-refractivity contribution >= 4 is 49.9 Å². The van der Waals surface area contributed by atoms with E-state index in [1.807, 2.05) is 42.6 Å². The zero-order chi connectivity index (χ0) is 34.7. The van der Waals surface area contributed by atoms with E-state index in [-0.39, 0.29) is 23.6 Å². The highest BCUT2D eigenvalue weighted by Crippen LogP contribution is 2.32. The molecule has 1 saturated carbocycles. The number of sulfonamides is 1. The Balaban J connectivity index is 1.25. The first-order valence-electron chi connectivity index (χ1n) is 16.3. The Morgan fingerprint density at radius 3 is 2.59 bits per heavy atom. The fourth-order valence-electron chi connectivity index (χ4n) is 6.28. The van der Waals surface area contributed by atoms with Crippen molar-refractivity contribution in [2.24, 2.45) is 5.92 Å². The summed E-state index contributed by atoms with van der Waals surface area (Å²) in [5.41, 5.74) is 4.82. The molecule has 0 saturated heterocycles. The van der Waals surface area contributed by atoms with Crippen LogP contribution in [0.1, 0.15) is 56.6 Å². The van der Waals surface area contributed by atoms with Gasteiger partial charge < -0.3 is 16.0 Å². The molecule has 0 atom stereocenters. The first-order chi connectivity index (χ1) is 23.5. The highest BCUT2D eigenvalue weighted by molar-refractivity contribution is 7.89. The topological polar surface area (TPSA) is 155 Å². The summed E-state index contributed by atoms with van der Waals surface area (Å²) >= 11 is 0. The summed E-state index contributed by atoms with van der Waals surface area (Å²) in [6.45, 7) is 7.67. The number of anilines is 3. The summed E-state index contributed by atoms with van der Waals surface area (Å²) in [6, 6.07) is 15.3. The summed E-state index contributed by atoms with van der Waals surface area (Å²) in [5.74, 6) is -0.453. The van der Waals surface area contributed by atoms with E-state index >= 15 is 0 Å². The van der Waals surface area contributed by atoms with Crippen molar-refractivity contribution in [2.75, 3.05) is 28.8 Å². The molecular weight excluding hydrogens is 646 g/mol. The van der Waals surface area contributed by atoms with Crippen LogP contribution in [0.15, 0.2) is 73.3 Å². The van der Waals surface area contributed by atoms with Crippen LogP contribution in [0.2, 0.25) is 0 Å². The normalized spacial score (nSPS) is 16.6. The van der Waals surface area contributed by atoms with Crippen molar-refractivity contribution in [3.05, 3.63) is 84.5 Å². The predicted molar refractivity (Wildman–Crippen MR) is 190 cm³/mol. The van der Waals surface area contributed by atoms with Crippen molar-refractivity contribution in [1.82, 2.24) is 29.3 Å². The van der Waals surface area contributed by atoms with Gasteiger partial charge in [-0.2, -0.15) is 19.6 Å². The van der Waals surface area contributed by atoms with Gasteiger partial charge >= 0.3 is 0 Å². The monoisotopic (exact) mass is 685 g/mol. The fourth-order valence-corrected chi connectivity index (χ4v) is 7.40. The van der Waals surface area contributed by atoms with Crippen LogP contribution in [0.3, 0.4) is 0 Å². The molecule has 0 spiro atoms. The zero-order valence-electron chi connectivity index (χ0n) is 27.7. The molecule has 5 aromatic rings. The van der Waals surface area contributed by atoms with Crippen LogP contribution >= 0.6 is 0 Å². The number of fused-ring (bicyclic) bond motifs is 2. The number of nitrogens with zero attached hydrogens (tertiary/aromatic N) is 5. The number of aromatic nitrogens is 5. The molecule has 49 heavy (non-hydrogen) atoms. The third kappa shape index (κ3) is 7.70. The SMILES string of the molecule is C=C(F)C(=O)Nc1ccc2c(-c3ccccc3CNc3nc(NC4CCC(CS(=O)(=O)NC)CC4)nc4c(C(C)C)cnn34)nccc2c1. The Bertz CT molecular complexity index is 2130. The molecule has 1 amide bonds. The van der Waals surface area contributed by atoms with Crippen molar-refractivity contribution in [2.45, 2.75) is 58.0 Å². The van der Waals surface area contributed by atoms with Crippen molar-refractivity contribution < 1.29 is 17.6 Å². The minimum absolute atomic E-state index is 0.122. The average Bonchev–Trinajstić information content (AvgIpc) is 3.52. The Kier molecular flexibility index (Phi) is 9.88. The van der Waals surface area contributed by atoms with Crippen molar-refractivity contribution in [3.8, 4) is 11.3 Å². The van der Waals surface area contributed by atoms with Gasteiger partial charge in [-0.05, 0) is 73.7 Å². The summed E-state index contributed by atoms with van der Waals surface area (Å²) < 4.78 is 41.5. The van der Waals surface area contributed by atoms with Crippen molar-refractivity contribution in [1.29, 1.82) is 0 Å². The number of rotatable bonds is 12. The second kappa shape index (κ2) is 14.3. The molecule has 1 fully saturated rings. The molecule has 12 nitrogen and oxygen atoms in total. The lowest BCUT2D eigenvalue weighted by Gasteiger charge is -2.29. The second-order valence-electron chi connectivity index (χ2n) is 12.7. The van der Waals surface area contributed by atoms with Crippen LogP contribution in [0, 0.1) is 5.92 Å². The average molecular weight is 686 g/mol. The van der Waals surface area contributed by atoms with Gasteiger partial charge in [0.15, 0.2) is 11.5 Å². The number of carbonyl (C=O) groups excluding carboxylic acids is 1. The van der Waals surface area contributed by atoms with Gasteiger partial charge in [-0.25, -0.2) is 17.5 Å². The second-order valence-corrected chi connectivity index (χ2v) is 14.6. The van der Waals surface area contributed by atoms with E-state index in [0.717, 1.165) is 58.8 Å². The Morgan fingerprint density at radius 2 is 1.86 bits per heavy atom. The first-order valence-corrected chi connectivity index (χ1v) is 18.0. The number of halogens is 1. The van der Waals surface area contributed by atoms with Crippen LogP contribution in [0.5, 0.6) is 0 Å². The van der Waals surface area contributed by atoms with Gasteiger partial charge in [-0.1, -0.05) is 50.8 Å². The fraction of sp³-hybridized carbons (Fsp3) is 0.343. The molecule has 6 rings (SSSR count). The molecule has 3 aromatic heterocycles. The van der Waals surface area contributed by atoms with Gasteiger partial charge in [0.2, 0.25) is 21.9 Å². The number of benzene rings is 2. The van der Waals surface area contributed by atoms with E-state index in [0.29, 0.717) is 29.8 Å². The Morgan fingerprint density at radius 1 is 1.08 bits per heavy atom. The lowest BCUT2D eigenvalue weighted by molar-refractivity contribution is -0.114. The maximum atomic E-state index is 13.3. The number of nitrogens with one attached hydrogen (secondary N) is 4. The number of carbonyl (C=O) groups is 1. The van der Waals surface area contributed by atoms with Crippen LogP contribution in [0.25, 0.3) is 27.7 Å². The van der Waals surface area contributed by atoms with Gasteiger partial charge in [0, 0.05) is 41.0 Å². The number of hydrogen-bond acceptors (Lipinski definition) is 9. The highest BCUT2D eigenvalue weighted by atomic mass is 32.2. The third-order valence-electron chi connectivity index (χ3n) is 8.94. The van der Waals surface area contributed by atoms with Crippen LogP contribution in [-0.2, 0) is 21.4 Å². The molecule has 256 valence electrons. The van der Waals surface area contributed by atoms with E-state index in [1.165, 1.54) is 7.05 Å². The van der Waals surface area contributed by atoms with Gasteiger partial charge in [0.05, 0.1) is 17.6 Å². The molecule has 2 aromatic carbocycles. The molecule has 0 bridgehead atoms.